The van der Waals surface area contributed by atoms with Crippen molar-refractivity contribution in [1.29, 1.82) is 0 Å². The topological polar surface area (TPSA) is 195 Å². The summed E-state index contributed by atoms with van der Waals surface area (Å²) in [5, 5.41) is 11.2. The summed E-state index contributed by atoms with van der Waals surface area (Å²) in [4.78, 5) is 56.5. The van der Waals surface area contributed by atoms with E-state index in [1.54, 1.807) is 6.92 Å². The number of carbonyl (C=O) groups excluding carboxylic acids is 5. The molecule has 8 N–H and O–H groups in total. The number of unbranched alkanes of at least 4 members (excludes halogenated alkanes) is 9. The molecule has 0 saturated carbocycles. The van der Waals surface area contributed by atoms with Crippen LogP contribution >= 0.6 is 112 Å². The predicted octanol–water partition coefficient (Wildman–Crippen LogP) is 9.43. The van der Waals surface area contributed by atoms with Crippen molar-refractivity contribution in [2.45, 2.75) is 144 Å². The molecule has 0 saturated heterocycles. The van der Waals surface area contributed by atoms with E-state index in [4.69, 9.17) is 35.9 Å². The minimum Gasteiger partial charge on any atom is -0.355 e. The number of alkyl halides is 3. The summed E-state index contributed by atoms with van der Waals surface area (Å²) in [7, 11) is 0. The first kappa shape index (κ1) is 68.1. The average molecular weight is 1250 g/mol. The van der Waals surface area contributed by atoms with Crippen LogP contribution in [0.3, 0.4) is 0 Å². The van der Waals surface area contributed by atoms with E-state index < -0.39 is 0 Å². The van der Waals surface area contributed by atoms with Crippen molar-refractivity contribution >= 4 is 149 Å². The van der Waals surface area contributed by atoms with Crippen molar-refractivity contribution in [3.8, 4) is 0 Å². The number of thiocarbonyl (C=S) groups is 2. The van der Waals surface area contributed by atoms with E-state index in [2.05, 4.69) is 85.0 Å². The Labute approximate surface area is 443 Å². The van der Waals surface area contributed by atoms with Crippen LogP contribution in [0.4, 0.5) is 0 Å². The highest BCUT2D eigenvalue weighted by Gasteiger charge is 2.17. The van der Waals surface area contributed by atoms with Gasteiger partial charge in [0.2, 0.25) is 28.3 Å². The molecule has 374 valence electrons. The third-order valence-corrected chi connectivity index (χ3v) is 14.0. The number of nitrogens with zero attached hydrogens (tertiary/aromatic N) is 2. The maximum Gasteiger partial charge on any atom is 0.233 e. The fourth-order valence-corrected chi connectivity index (χ4v) is 7.61. The van der Waals surface area contributed by atoms with Crippen molar-refractivity contribution < 1.29 is 24.0 Å². The molecule has 2 heterocycles. The normalized spacial score (nSPS) is 12.5. The summed E-state index contributed by atoms with van der Waals surface area (Å²) >= 11 is 25.7. The van der Waals surface area contributed by atoms with Crippen LogP contribution in [0.2, 0.25) is 0 Å². The summed E-state index contributed by atoms with van der Waals surface area (Å²) in [6.07, 6.45) is 20.2. The molecule has 0 aliphatic carbocycles. The molecule has 0 aliphatic rings. The van der Waals surface area contributed by atoms with Crippen molar-refractivity contribution in [2.24, 2.45) is 11.5 Å². The molecule has 0 radical (unpaired) electrons. The number of hydrogen-bond donors (Lipinski definition) is 6. The molecule has 65 heavy (non-hydrogen) atoms. The Balaban J connectivity index is -0.000000973. The van der Waals surface area contributed by atoms with Gasteiger partial charge < -0.3 is 41.9 Å². The second kappa shape index (κ2) is 45.3. The van der Waals surface area contributed by atoms with E-state index in [1.165, 1.54) is 36.4 Å². The first-order valence-corrected chi connectivity index (χ1v) is 27.8. The van der Waals surface area contributed by atoms with Gasteiger partial charge in [0.05, 0.1) is 25.0 Å². The highest BCUT2D eigenvalue weighted by Crippen LogP contribution is 2.16. The number of amides is 4. The average Bonchev–Trinajstić information content (AvgIpc) is 4.01. The molecule has 0 bridgehead atoms. The van der Waals surface area contributed by atoms with E-state index in [1.807, 2.05) is 85.9 Å². The number of rotatable bonds is 26. The first-order chi connectivity index (χ1) is 30.4. The van der Waals surface area contributed by atoms with Crippen LogP contribution in [0, 0.1) is 0 Å². The molecule has 2 aromatic heterocycles. The Morgan fingerprint density at radius 2 is 0.738 bits per heavy atom. The Morgan fingerprint density at radius 1 is 0.492 bits per heavy atom. The molecule has 5 unspecified atom stereocenters. The van der Waals surface area contributed by atoms with Gasteiger partial charge in [-0.05, 0) is 126 Å². The fourth-order valence-electron chi connectivity index (χ4n) is 4.71. The number of halogens is 4. The molecule has 0 fully saturated rings. The van der Waals surface area contributed by atoms with Gasteiger partial charge in [-0.15, -0.1) is 0 Å². The molecular weight excluding hydrogens is 1170 g/mol. The lowest BCUT2D eigenvalue weighted by molar-refractivity contribution is -0.121. The SMILES string of the molecule is C.CC(Br)C(=O)Br.CC(Br)C(=O)NCCCCCCNC(=O)C(C)Br.CC(SC(=S)n1cccc1)C(=O)NCCCCCCNC(=O)C(C)SC(=S)n1cccc1.NCCCCCCN. The van der Waals surface area contributed by atoms with Gasteiger partial charge in [0.25, 0.3) is 0 Å². The third kappa shape index (κ3) is 40.4. The van der Waals surface area contributed by atoms with Gasteiger partial charge in [0.15, 0.2) is 0 Å². The van der Waals surface area contributed by atoms with Crippen molar-refractivity contribution in [1.82, 2.24) is 30.4 Å². The Hall–Kier alpha value is -1.17. The zero-order valence-corrected chi connectivity index (χ0v) is 47.6. The molecule has 0 aromatic carbocycles. The van der Waals surface area contributed by atoms with Gasteiger partial charge in [0, 0.05) is 51.0 Å². The monoisotopic (exact) mass is 1240 g/mol. The molecule has 21 heteroatoms. The molecule has 13 nitrogen and oxygen atoms in total. The highest BCUT2D eigenvalue weighted by atomic mass is 79.9. The molecule has 2 rings (SSSR count). The van der Waals surface area contributed by atoms with Crippen LogP contribution in [-0.4, -0.2) is 110 Å². The number of hydrogen-bond acceptors (Lipinski definition) is 11. The van der Waals surface area contributed by atoms with E-state index in [-0.39, 0.29) is 60.7 Å². The second-order valence-corrected chi connectivity index (χ2v) is 23.2. The molecule has 2 aromatic rings. The molecule has 0 aliphatic heterocycles. The Morgan fingerprint density at radius 3 is 0.969 bits per heavy atom. The Kier molecular flexibility index (Phi) is 47.4. The summed E-state index contributed by atoms with van der Waals surface area (Å²) in [6, 6.07) is 7.62. The van der Waals surface area contributed by atoms with Gasteiger partial charge in [0.1, 0.15) is 8.64 Å². The molecule has 0 spiro atoms. The largest absolute Gasteiger partial charge is 0.355 e. The van der Waals surface area contributed by atoms with E-state index >= 15 is 0 Å². The number of nitrogens with two attached hydrogens (primary N) is 2. The van der Waals surface area contributed by atoms with E-state index in [0.29, 0.717) is 21.7 Å². The minimum atomic E-state index is -0.231. The van der Waals surface area contributed by atoms with E-state index in [0.717, 1.165) is 90.4 Å². The highest BCUT2D eigenvalue weighted by molar-refractivity contribution is 9.20. The van der Waals surface area contributed by atoms with E-state index in [9.17, 15) is 24.0 Å². The third-order valence-electron chi connectivity index (χ3n) is 8.52. The summed E-state index contributed by atoms with van der Waals surface area (Å²) in [6.45, 7) is 13.5. The number of carbonyl (C=O) groups is 5. The summed E-state index contributed by atoms with van der Waals surface area (Å²) in [5.41, 5.74) is 10.6. The quantitative estimate of drug-likeness (QED) is 0.0227. The van der Waals surface area contributed by atoms with Crippen LogP contribution in [0.15, 0.2) is 49.1 Å². The van der Waals surface area contributed by atoms with Gasteiger partial charge in [-0.25, -0.2) is 0 Å². The van der Waals surface area contributed by atoms with Crippen molar-refractivity contribution in [3.63, 3.8) is 0 Å². The number of thioether (sulfide) groups is 2. The van der Waals surface area contributed by atoms with Crippen molar-refractivity contribution in [3.05, 3.63) is 49.1 Å². The van der Waals surface area contributed by atoms with Crippen LogP contribution in [-0.2, 0) is 24.0 Å². The standard InChI is InChI=1S/C22H30N4O2S4.C12H22Br2N2O2.C6H16N2.C3H4Br2O.CH4/c1-17(31-21(29)25-13-7-8-14-25)19(27)23-11-5-3-4-6-12-24-20(28)18(2)32-22(30)26-15-9-10-16-26;1-9(13)11(17)15-7-5-3-4-6-8-16-12(18)10(2)14;7-5-3-1-2-4-6-8;1-2(4)3(5)6;/h7-10,13-18H,3-6,11-12H2,1-2H3,(H,23,27)(H,24,28);9-10H,3-8H2,1-2H3,(H,15,17)(H,16,18);1-8H2;2H,1H3;1H4. The van der Waals surface area contributed by atoms with Crippen LogP contribution < -0.4 is 32.7 Å². The fraction of sp³-hybridized carbons (Fsp3) is 0.659. The number of aromatic nitrogens is 2. The zero-order valence-electron chi connectivity index (χ0n) is 38.0. The van der Waals surface area contributed by atoms with Crippen molar-refractivity contribution in [2.75, 3.05) is 39.3 Å². The lowest BCUT2D eigenvalue weighted by atomic mass is 10.2. The predicted molar refractivity (Wildman–Crippen MR) is 300 cm³/mol. The van der Waals surface area contributed by atoms with Gasteiger partial charge >= 0.3 is 0 Å². The molecule has 4 amide bonds. The maximum atomic E-state index is 12.2. The van der Waals surface area contributed by atoms with Gasteiger partial charge in [-0.1, -0.05) is 142 Å². The summed E-state index contributed by atoms with van der Waals surface area (Å²) in [5.74, 6) is 0.0734. The summed E-state index contributed by atoms with van der Waals surface area (Å²) < 4.78 is 4.98. The van der Waals surface area contributed by atoms with Crippen LogP contribution in [0.1, 0.15) is 119 Å². The first-order valence-electron chi connectivity index (χ1n) is 21.7. The second-order valence-electron chi connectivity index (χ2n) is 14.4. The van der Waals surface area contributed by atoms with Crippen LogP contribution in [0.25, 0.3) is 0 Å². The molecule has 5 atom stereocenters. The minimum absolute atomic E-state index is 0. The van der Waals surface area contributed by atoms with Gasteiger partial charge in [-0.3, -0.25) is 24.0 Å². The Bertz CT molecular complexity index is 1460. The number of nitrogens with one attached hydrogen (secondary N) is 4. The lowest BCUT2D eigenvalue weighted by Crippen LogP contribution is -2.33. The van der Waals surface area contributed by atoms with Gasteiger partial charge in [-0.2, -0.15) is 0 Å². The zero-order chi connectivity index (χ0) is 48.7. The van der Waals surface area contributed by atoms with Crippen LogP contribution in [0.5, 0.6) is 0 Å². The lowest BCUT2D eigenvalue weighted by Gasteiger charge is -2.13. The smallest absolute Gasteiger partial charge is 0.233 e. The maximum absolute atomic E-state index is 12.2. The molecular formula is C44H76Br4N8O5S4.